The van der Waals surface area contributed by atoms with Crippen LogP contribution in [0.4, 0.5) is 5.82 Å². The Balaban J connectivity index is 1.35. The highest BCUT2D eigenvalue weighted by Crippen LogP contribution is 2.24. The first kappa shape index (κ1) is 20.8. The van der Waals surface area contributed by atoms with Crippen molar-refractivity contribution in [3.05, 3.63) is 71.8 Å². The van der Waals surface area contributed by atoms with Crippen LogP contribution in [-0.2, 0) is 11.3 Å². The Bertz CT molecular complexity index is 1020. The van der Waals surface area contributed by atoms with Gasteiger partial charge < -0.3 is 15.0 Å². The summed E-state index contributed by atoms with van der Waals surface area (Å²) in [5.74, 6) is 1.67. The maximum atomic E-state index is 12.7. The SMILES string of the molecule is COc1ccc(CNC(=O)[C@H]2CCCN(c3ccc(-c4cccc(C)c4)nn3)C2)cc1. The van der Waals surface area contributed by atoms with Gasteiger partial charge in [-0.2, -0.15) is 0 Å². The Labute approximate surface area is 183 Å². The van der Waals surface area contributed by atoms with Gasteiger partial charge in [0, 0.05) is 25.2 Å². The minimum Gasteiger partial charge on any atom is -0.497 e. The van der Waals surface area contributed by atoms with E-state index >= 15 is 0 Å². The second-order valence-electron chi connectivity index (χ2n) is 8.00. The summed E-state index contributed by atoms with van der Waals surface area (Å²) in [7, 11) is 1.64. The lowest BCUT2D eigenvalue weighted by atomic mass is 9.97. The van der Waals surface area contributed by atoms with Gasteiger partial charge in [0.25, 0.3) is 0 Å². The molecule has 3 aromatic rings. The normalized spacial score (nSPS) is 16.1. The van der Waals surface area contributed by atoms with Crippen LogP contribution in [0.15, 0.2) is 60.7 Å². The summed E-state index contributed by atoms with van der Waals surface area (Å²) < 4.78 is 5.18. The highest BCUT2D eigenvalue weighted by molar-refractivity contribution is 5.79. The highest BCUT2D eigenvalue weighted by Gasteiger charge is 2.26. The molecule has 160 valence electrons. The lowest BCUT2D eigenvalue weighted by molar-refractivity contribution is -0.125. The van der Waals surface area contributed by atoms with Gasteiger partial charge in [0.2, 0.25) is 5.91 Å². The number of nitrogens with one attached hydrogen (secondary N) is 1. The Kier molecular flexibility index (Phi) is 6.46. The Hall–Kier alpha value is -3.41. The molecule has 0 radical (unpaired) electrons. The van der Waals surface area contributed by atoms with Gasteiger partial charge in [-0.1, -0.05) is 35.9 Å². The van der Waals surface area contributed by atoms with Gasteiger partial charge in [0.05, 0.1) is 18.7 Å². The first-order valence-electron chi connectivity index (χ1n) is 10.7. The third-order valence-corrected chi connectivity index (χ3v) is 5.71. The maximum Gasteiger partial charge on any atom is 0.225 e. The molecule has 0 spiro atoms. The van der Waals surface area contributed by atoms with E-state index in [4.69, 9.17) is 4.74 Å². The van der Waals surface area contributed by atoms with Crippen molar-refractivity contribution in [3.63, 3.8) is 0 Å². The quantitative estimate of drug-likeness (QED) is 0.658. The Morgan fingerprint density at radius 3 is 2.68 bits per heavy atom. The number of carbonyl (C=O) groups excluding carboxylic acids is 1. The zero-order valence-corrected chi connectivity index (χ0v) is 18.0. The van der Waals surface area contributed by atoms with E-state index in [1.54, 1.807) is 7.11 Å². The first-order chi connectivity index (χ1) is 15.1. The molecule has 1 N–H and O–H groups in total. The number of nitrogens with zero attached hydrogens (tertiary/aromatic N) is 3. The second kappa shape index (κ2) is 9.60. The number of hydrogen-bond donors (Lipinski definition) is 1. The lowest BCUT2D eigenvalue weighted by Gasteiger charge is -2.32. The van der Waals surface area contributed by atoms with Gasteiger partial charge in [-0.25, -0.2) is 0 Å². The number of benzene rings is 2. The van der Waals surface area contributed by atoms with E-state index in [9.17, 15) is 4.79 Å². The van der Waals surface area contributed by atoms with Crippen LogP contribution >= 0.6 is 0 Å². The summed E-state index contributed by atoms with van der Waals surface area (Å²) in [6.07, 6.45) is 1.85. The van der Waals surface area contributed by atoms with Crippen molar-refractivity contribution in [2.45, 2.75) is 26.3 Å². The topological polar surface area (TPSA) is 67.3 Å². The molecule has 1 amide bonds. The van der Waals surface area contributed by atoms with Gasteiger partial charge >= 0.3 is 0 Å². The predicted molar refractivity (Wildman–Crippen MR) is 122 cm³/mol. The van der Waals surface area contributed by atoms with Crippen LogP contribution in [0.3, 0.4) is 0 Å². The maximum absolute atomic E-state index is 12.7. The number of rotatable bonds is 6. The molecule has 1 fully saturated rings. The van der Waals surface area contributed by atoms with Crippen LogP contribution in [-0.4, -0.2) is 36.3 Å². The minimum absolute atomic E-state index is 0.0507. The van der Waals surface area contributed by atoms with Gasteiger partial charge in [-0.15, -0.1) is 10.2 Å². The largest absolute Gasteiger partial charge is 0.497 e. The standard InChI is InChI=1S/C25H28N4O2/c1-18-5-3-6-20(15-18)23-12-13-24(28-27-23)29-14-4-7-21(17-29)25(30)26-16-19-8-10-22(31-2)11-9-19/h3,5-6,8-13,15,21H,4,7,14,16-17H2,1-2H3,(H,26,30)/t21-/m0/s1. The van der Waals surface area contributed by atoms with Gasteiger partial charge in [-0.05, 0) is 55.7 Å². The van der Waals surface area contributed by atoms with Gasteiger partial charge in [-0.3, -0.25) is 4.79 Å². The molecule has 1 aliphatic heterocycles. The lowest BCUT2D eigenvalue weighted by Crippen LogP contribution is -2.43. The highest BCUT2D eigenvalue weighted by atomic mass is 16.5. The van der Waals surface area contributed by atoms with E-state index in [2.05, 4.69) is 39.5 Å². The number of carbonyl (C=O) groups is 1. The predicted octanol–water partition coefficient (Wildman–Crippen LogP) is 3.99. The van der Waals surface area contributed by atoms with Crippen LogP contribution in [0.1, 0.15) is 24.0 Å². The Morgan fingerprint density at radius 1 is 1.13 bits per heavy atom. The number of aromatic nitrogens is 2. The Morgan fingerprint density at radius 2 is 1.97 bits per heavy atom. The number of aryl methyl sites for hydroxylation is 1. The summed E-state index contributed by atoms with van der Waals surface area (Å²) in [6, 6.07) is 20.0. The van der Waals surface area contributed by atoms with E-state index < -0.39 is 0 Å². The van der Waals surface area contributed by atoms with Crippen LogP contribution < -0.4 is 15.0 Å². The summed E-state index contributed by atoms with van der Waals surface area (Å²) in [6.45, 7) is 4.14. The van der Waals surface area contributed by atoms with Crippen LogP contribution in [0, 0.1) is 12.8 Å². The molecule has 1 atom stereocenters. The molecular formula is C25H28N4O2. The van der Waals surface area contributed by atoms with Crippen molar-refractivity contribution < 1.29 is 9.53 Å². The number of amides is 1. The van der Waals surface area contributed by atoms with Crippen molar-refractivity contribution in [3.8, 4) is 17.0 Å². The zero-order chi connectivity index (χ0) is 21.6. The third-order valence-electron chi connectivity index (χ3n) is 5.71. The van der Waals surface area contributed by atoms with E-state index in [1.165, 1.54) is 5.56 Å². The second-order valence-corrected chi connectivity index (χ2v) is 8.00. The van der Waals surface area contributed by atoms with Crippen LogP contribution in [0.25, 0.3) is 11.3 Å². The van der Waals surface area contributed by atoms with Crippen LogP contribution in [0.5, 0.6) is 5.75 Å². The minimum atomic E-state index is -0.0507. The monoisotopic (exact) mass is 416 g/mol. The van der Waals surface area contributed by atoms with E-state index in [0.717, 1.165) is 47.8 Å². The fourth-order valence-corrected chi connectivity index (χ4v) is 3.93. The molecule has 31 heavy (non-hydrogen) atoms. The number of methoxy groups -OCH3 is 1. The van der Waals surface area contributed by atoms with E-state index in [1.807, 2.05) is 48.5 Å². The van der Waals surface area contributed by atoms with Crippen molar-refractivity contribution in [2.24, 2.45) is 5.92 Å². The van der Waals surface area contributed by atoms with Crippen molar-refractivity contribution >= 4 is 11.7 Å². The smallest absolute Gasteiger partial charge is 0.225 e. The van der Waals surface area contributed by atoms with Crippen LogP contribution in [0.2, 0.25) is 0 Å². The number of hydrogen-bond acceptors (Lipinski definition) is 5. The number of ether oxygens (including phenoxy) is 1. The van der Waals surface area contributed by atoms with Gasteiger partial charge in [0.1, 0.15) is 5.75 Å². The van der Waals surface area contributed by atoms with Crippen molar-refractivity contribution in [2.75, 3.05) is 25.1 Å². The fourth-order valence-electron chi connectivity index (χ4n) is 3.93. The molecule has 1 aliphatic rings. The molecule has 2 aromatic carbocycles. The fraction of sp³-hybridized carbons (Fsp3) is 0.320. The van der Waals surface area contributed by atoms with E-state index in [-0.39, 0.29) is 11.8 Å². The summed E-state index contributed by atoms with van der Waals surface area (Å²) in [4.78, 5) is 14.9. The van der Waals surface area contributed by atoms with Crippen molar-refractivity contribution in [1.29, 1.82) is 0 Å². The average molecular weight is 417 g/mol. The molecule has 1 aromatic heterocycles. The molecule has 0 aliphatic carbocycles. The molecular weight excluding hydrogens is 388 g/mol. The van der Waals surface area contributed by atoms with E-state index in [0.29, 0.717) is 13.1 Å². The molecule has 1 saturated heterocycles. The number of anilines is 1. The molecule has 0 saturated carbocycles. The summed E-state index contributed by atoms with van der Waals surface area (Å²) >= 11 is 0. The van der Waals surface area contributed by atoms with Gasteiger partial charge in [0.15, 0.2) is 5.82 Å². The molecule has 0 bridgehead atoms. The molecule has 2 heterocycles. The number of piperidine rings is 1. The molecule has 6 nitrogen and oxygen atoms in total. The summed E-state index contributed by atoms with van der Waals surface area (Å²) in [5.41, 5.74) is 4.18. The van der Waals surface area contributed by atoms with Crippen molar-refractivity contribution in [1.82, 2.24) is 15.5 Å². The average Bonchev–Trinajstić information content (AvgIpc) is 2.83. The zero-order valence-electron chi connectivity index (χ0n) is 18.0. The molecule has 4 rings (SSSR count). The third kappa shape index (κ3) is 5.20. The summed E-state index contributed by atoms with van der Waals surface area (Å²) in [5, 5.41) is 11.9. The molecule has 6 heteroatoms. The molecule has 0 unspecified atom stereocenters. The first-order valence-corrected chi connectivity index (χ1v) is 10.7.